The number of rotatable bonds is 13. The van der Waals surface area contributed by atoms with Crippen molar-refractivity contribution >= 4 is 22.1 Å². The number of esters is 2. The van der Waals surface area contributed by atoms with Crippen molar-refractivity contribution in [2.24, 2.45) is 23.7 Å². The van der Waals surface area contributed by atoms with E-state index in [9.17, 15) is 27.7 Å². The number of aliphatic hydroxyl groups excluding tert-OH is 1. The molecule has 10 nitrogen and oxygen atoms in total. The van der Waals surface area contributed by atoms with E-state index < -0.39 is 27.4 Å². The zero-order valence-electron chi connectivity index (χ0n) is 23.9. The van der Waals surface area contributed by atoms with Crippen LogP contribution in [0, 0.1) is 23.7 Å². The average molecular weight is 575 g/mol. The van der Waals surface area contributed by atoms with E-state index in [1.807, 2.05) is 0 Å². The van der Waals surface area contributed by atoms with E-state index in [0.29, 0.717) is 24.7 Å². The molecule has 2 aliphatic carbocycles. The molecule has 3 atom stereocenters. The van der Waals surface area contributed by atoms with Crippen molar-refractivity contribution in [3.63, 3.8) is 0 Å². The maximum atomic E-state index is 11.8. The second-order valence-corrected chi connectivity index (χ2v) is 11.8. The Balaban J connectivity index is 0.000000703. The van der Waals surface area contributed by atoms with Gasteiger partial charge in [0.15, 0.2) is 6.29 Å². The van der Waals surface area contributed by atoms with E-state index in [1.54, 1.807) is 14.2 Å². The van der Waals surface area contributed by atoms with Crippen LogP contribution in [0.2, 0.25) is 0 Å². The molecule has 12 heteroatoms. The predicted molar refractivity (Wildman–Crippen MR) is 136 cm³/mol. The molecule has 0 spiro atoms. The third-order valence-corrected chi connectivity index (χ3v) is 8.44. The molecule has 2 saturated carbocycles. The Hall–Kier alpha value is -0.270. The van der Waals surface area contributed by atoms with Crippen molar-refractivity contribution in [1.82, 2.24) is 0 Å². The number of aliphatic hydroxyl groups is 1. The molecule has 0 aromatic carbocycles. The molecule has 2 rings (SSSR count). The normalized spacial score (nSPS) is 19.3. The third-order valence-electron chi connectivity index (χ3n) is 7.58. The van der Waals surface area contributed by atoms with Gasteiger partial charge in [-0.1, -0.05) is 64.2 Å². The molecule has 0 saturated heterocycles. The van der Waals surface area contributed by atoms with Crippen LogP contribution in [0.4, 0.5) is 0 Å². The Labute approximate surface area is 250 Å². The molecular weight excluding hydrogens is 527 g/mol. The van der Waals surface area contributed by atoms with Crippen molar-refractivity contribution in [3.05, 3.63) is 0 Å². The first-order chi connectivity index (χ1) is 17.5. The van der Waals surface area contributed by atoms with Gasteiger partial charge in [-0.25, -0.2) is 8.42 Å². The average Bonchev–Trinajstić information content (AvgIpc) is 2.90. The van der Waals surface area contributed by atoms with Crippen LogP contribution in [-0.2, 0) is 38.7 Å². The standard InChI is InChI=1S/C14H26O4.C12H22O6S.Na/c1-16-13(17-2)10-12(14(15)18-3)9-11-7-5-4-6-8-11;1-18-12(14)10(8-11(13)19(15,16)17)7-9-5-3-2-4-6-9;/h11-13H,4-10H2,1-3H3;9-11,13H,2-8H2,1H3,(H,15,16,17);/q;;+1/p-1/t12-;10?,11-;/m00./s1. The van der Waals surface area contributed by atoms with Gasteiger partial charge in [-0.2, -0.15) is 0 Å². The summed E-state index contributed by atoms with van der Waals surface area (Å²) < 4.78 is 52.0. The smallest absolute Gasteiger partial charge is 0.746 e. The SMILES string of the molecule is COC(=O)C(CC1CCCCC1)C[C@@H](O)S(=O)(=O)[O-].COC(=O)[C@@H](CC1CCCCC1)CC(OC)OC.[Na+]. The molecule has 2 aliphatic rings. The Kier molecular flexibility index (Phi) is 20.4. The molecule has 0 aliphatic heterocycles. The number of ether oxygens (including phenoxy) is 4. The molecule has 0 amide bonds. The first-order valence-corrected chi connectivity index (χ1v) is 14.9. The Morgan fingerprint density at radius 1 is 0.763 bits per heavy atom. The van der Waals surface area contributed by atoms with Gasteiger partial charge in [-0.3, -0.25) is 9.59 Å². The van der Waals surface area contributed by atoms with Crippen LogP contribution in [0.3, 0.4) is 0 Å². The Bertz CT molecular complexity index is 747. The molecule has 0 aromatic heterocycles. The van der Waals surface area contributed by atoms with Crippen LogP contribution in [-0.4, -0.2) is 70.2 Å². The van der Waals surface area contributed by atoms with Gasteiger partial charge in [0.2, 0.25) is 0 Å². The molecule has 0 heterocycles. The van der Waals surface area contributed by atoms with Crippen molar-refractivity contribution in [2.45, 2.75) is 102 Å². The van der Waals surface area contributed by atoms with E-state index >= 15 is 0 Å². The minimum Gasteiger partial charge on any atom is -0.746 e. The molecule has 218 valence electrons. The first-order valence-electron chi connectivity index (χ1n) is 13.4. The largest absolute Gasteiger partial charge is 1.00 e. The third kappa shape index (κ3) is 14.9. The van der Waals surface area contributed by atoms with Crippen LogP contribution in [0.1, 0.15) is 89.9 Å². The van der Waals surface area contributed by atoms with Gasteiger partial charge in [0.05, 0.1) is 26.1 Å². The van der Waals surface area contributed by atoms with Gasteiger partial charge >= 0.3 is 41.5 Å². The minimum absolute atomic E-state index is 0. The Morgan fingerprint density at radius 2 is 1.13 bits per heavy atom. The molecule has 1 unspecified atom stereocenters. The number of carbonyl (C=O) groups excluding carboxylic acids is 2. The van der Waals surface area contributed by atoms with Crippen LogP contribution in [0.5, 0.6) is 0 Å². The predicted octanol–water partition coefficient (Wildman–Crippen LogP) is 0.759. The summed E-state index contributed by atoms with van der Waals surface area (Å²) in [5.74, 6) is -0.556. The maximum absolute atomic E-state index is 11.8. The van der Waals surface area contributed by atoms with E-state index in [4.69, 9.17) is 14.2 Å². The van der Waals surface area contributed by atoms with Gasteiger partial charge < -0.3 is 28.6 Å². The number of hydrogen-bond acceptors (Lipinski definition) is 10. The monoisotopic (exact) mass is 574 g/mol. The van der Waals surface area contributed by atoms with Gasteiger partial charge in [-0.05, 0) is 31.1 Å². The summed E-state index contributed by atoms with van der Waals surface area (Å²) in [6.07, 6.45) is 13.0. The number of methoxy groups -OCH3 is 4. The van der Waals surface area contributed by atoms with Gasteiger partial charge in [0.1, 0.15) is 15.6 Å². The van der Waals surface area contributed by atoms with Crippen molar-refractivity contribution in [2.75, 3.05) is 28.4 Å². The Morgan fingerprint density at radius 3 is 1.45 bits per heavy atom. The second kappa shape index (κ2) is 20.6. The fraction of sp³-hybridized carbons (Fsp3) is 0.923. The summed E-state index contributed by atoms with van der Waals surface area (Å²) in [6.45, 7) is 0. The molecule has 38 heavy (non-hydrogen) atoms. The zero-order valence-corrected chi connectivity index (χ0v) is 26.7. The number of carbonyl (C=O) groups is 2. The van der Waals surface area contributed by atoms with Crippen molar-refractivity contribution < 1.29 is 76.2 Å². The quantitative estimate of drug-likeness (QED) is 0.145. The fourth-order valence-electron chi connectivity index (χ4n) is 5.44. The van der Waals surface area contributed by atoms with E-state index in [0.717, 1.165) is 32.1 Å². The summed E-state index contributed by atoms with van der Waals surface area (Å²) in [5, 5.41) is 9.32. The summed E-state index contributed by atoms with van der Waals surface area (Å²) in [7, 11) is 1.08. The molecule has 0 aromatic rings. The van der Waals surface area contributed by atoms with Crippen LogP contribution < -0.4 is 29.6 Å². The summed E-state index contributed by atoms with van der Waals surface area (Å²) in [4.78, 5) is 23.4. The minimum atomic E-state index is -4.78. The summed E-state index contributed by atoms with van der Waals surface area (Å²) in [5.41, 5.74) is -2.04. The first kappa shape index (κ1) is 37.7. The molecular formula is C26H47NaO10S. The van der Waals surface area contributed by atoms with Crippen LogP contribution >= 0.6 is 0 Å². The zero-order chi connectivity index (χ0) is 27.8. The summed E-state index contributed by atoms with van der Waals surface area (Å²) in [6, 6.07) is 0. The number of hydrogen-bond donors (Lipinski definition) is 1. The van der Waals surface area contributed by atoms with Gasteiger partial charge in [0.25, 0.3) is 0 Å². The molecule has 1 N–H and O–H groups in total. The van der Waals surface area contributed by atoms with E-state index in [-0.39, 0.29) is 54.2 Å². The fourth-order valence-corrected chi connectivity index (χ4v) is 5.91. The molecule has 0 radical (unpaired) electrons. The molecule has 0 bridgehead atoms. The van der Waals surface area contributed by atoms with Crippen LogP contribution in [0.15, 0.2) is 0 Å². The second-order valence-electron chi connectivity index (χ2n) is 10.2. The van der Waals surface area contributed by atoms with Gasteiger partial charge in [0, 0.05) is 20.6 Å². The van der Waals surface area contributed by atoms with E-state index in [2.05, 4.69) is 4.74 Å². The summed E-state index contributed by atoms with van der Waals surface area (Å²) >= 11 is 0. The van der Waals surface area contributed by atoms with Crippen molar-refractivity contribution in [1.29, 1.82) is 0 Å². The van der Waals surface area contributed by atoms with Crippen LogP contribution in [0.25, 0.3) is 0 Å². The topological polar surface area (TPSA) is 148 Å². The van der Waals surface area contributed by atoms with Crippen molar-refractivity contribution in [3.8, 4) is 0 Å². The van der Waals surface area contributed by atoms with E-state index in [1.165, 1.54) is 52.7 Å². The maximum Gasteiger partial charge on any atom is 1.00 e. The molecule has 2 fully saturated rings. The van der Waals surface area contributed by atoms with Gasteiger partial charge in [-0.15, -0.1) is 0 Å².